The molecular formula is C15H21NO5. The number of para-hydroxylation sites is 1. The minimum atomic E-state index is -1.33. The van der Waals surface area contributed by atoms with Crippen LogP contribution in [0.3, 0.4) is 0 Å². The van der Waals surface area contributed by atoms with Crippen LogP contribution in [0.15, 0.2) is 18.2 Å². The molecule has 21 heavy (non-hydrogen) atoms. The summed E-state index contributed by atoms with van der Waals surface area (Å²) in [5, 5.41) is 20.0. The predicted octanol–water partition coefficient (Wildman–Crippen LogP) is 4.03. The van der Waals surface area contributed by atoms with Gasteiger partial charge in [-0.3, -0.25) is 10.1 Å². The summed E-state index contributed by atoms with van der Waals surface area (Å²) < 4.78 is 5.39. The van der Waals surface area contributed by atoms with E-state index in [-0.39, 0.29) is 11.3 Å². The third kappa shape index (κ3) is 5.41. The van der Waals surface area contributed by atoms with Crippen molar-refractivity contribution >= 4 is 11.7 Å². The van der Waals surface area contributed by atoms with Crippen LogP contribution in [0.2, 0.25) is 0 Å². The average Bonchev–Trinajstić information content (AvgIpc) is 2.45. The quantitative estimate of drug-likeness (QED) is 0.400. The Balaban J connectivity index is 2.57. The zero-order chi connectivity index (χ0) is 15.7. The molecule has 0 amide bonds. The number of nitrogens with zero attached hydrogens (tertiary/aromatic N) is 1. The molecule has 116 valence electrons. The van der Waals surface area contributed by atoms with Crippen LogP contribution in [0.1, 0.15) is 55.8 Å². The first-order valence-corrected chi connectivity index (χ1v) is 7.21. The molecular weight excluding hydrogens is 274 g/mol. The highest BCUT2D eigenvalue weighted by Gasteiger charge is 2.25. The Hall–Kier alpha value is -2.11. The smallest absolute Gasteiger partial charge is 0.342 e. The maximum Gasteiger partial charge on any atom is 0.342 e. The van der Waals surface area contributed by atoms with Gasteiger partial charge >= 0.3 is 11.7 Å². The second kappa shape index (κ2) is 8.94. The number of ether oxygens (including phenoxy) is 1. The molecule has 0 heterocycles. The van der Waals surface area contributed by atoms with E-state index in [2.05, 4.69) is 6.92 Å². The van der Waals surface area contributed by atoms with Gasteiger partial charge in [0, 0.05) is 0 Å². The monoisotopic (exact) mass is 295 g/mol. The van der Waals surface area contributed by atoms with Gasteiger partial charge in [-0.1, -0.05) is 45.1 Å². The Kier molecular flexibility index (Phi) is 7.21. The molecule has 0 aliphatic heterocycles. The van der Waals surface area contributed by atoms with Gasteiger partial charge in [0.05, 0.1) is 11.5 Å². The Morgan fingerprint density at radius 1 is 1.24 bits per heavy atom. The van der Waals surface area contributed by atoms with E-state index in [4.69, 9.17) is 9.84 Å². The van der Waals surface area contributed by atoms with E-state index in [1.165, 1.54) is 37.5 Å². The van der Waals surface area contributed by atoms with Gasteiger partial charge in [-0.25, -0.2) is 4.79 Å². The zero-order valence-corrected chi connectivity index (χ0v) is 12.2. The molecule has 0 bridgehead atoms. The Bertz CT molecular complexity index is 487. The summed E-state index contributed by atoms with van der Waals surface area (Å²) in [7, 11) is 0. The lowest BCUT2D eigenvalue weighted by Gasteiger charge is -2.08. The molecule has 0 atom stereocenters. The Labute approximate surface area is 123 Å². The molecule has 1 aromatic rings. The van der Waals surface area contributed by atoms with Crippen LogP contribution < -0.4 is 4.74 Å². The minimum absolute atomic E-state index is 0.0217. The first-order chi connectivity index (χ1) is 10.1. The highest BCUT2D eigenvalue weighted by atomic mass is 16.6. The van der Waals surface area contributed by atoms with Gasteiger partial charge in [-0.2, -0.15) is 0 Å². The fourth-order valence-electron chi connectivity index (χ4n) is 2.06. The fourth-order valence-corrected chi connectivity index (χ4v) is 2.06. The van der Waals surface area contributed by atoms with Gasteiger partial charge in [-0.15, -0.1) is 0 Å². The molecule has 0 spiro atoms. The van der Waals surface area contributed by atoms with E-state index in [1.807, 2.05) is 0 Å². The lowest BCUT2D eigenvalue weighted by Crippen LogP contribution is -2.06. The summed E-state index contributed by atoms with van der Waals surface area (Å²) in [4.78, 5) is 21.3. The van der Waals surface area contributed by atoms with Crippen molar-refractivity contribution in [3.05, 3.63) is 33.9 Å². The van der Waals surface area contributed by atoms with Crippen molar-refractivity contribution in [2.45, 2.75) is 45.4 Å². The highest BCUT2D eigenvalue weighted by Crippen LogP contribution is 2.31. The van der Waals surface area contributed by atoms with E-state index >= 15 is 0 Å². The molecule has 1 N–H and O–H groups in total. The molecule has 0 aromatic heterocycles. The largest absolute Gasteiger partial charge is 0.487 e. The Morgan fingerprint density at radius 2 is 1.90 bits per heavy atom. The normalized spacial score (nSPS) is 10.3. The maximum atomic E-state index is 11.0. The highest BCUT2D eigenvalue weighted by molar-refractivity contribution is 5.93. The fraction of sp³-hybridized carbons (Fsp3) is 0.533. The number of carboxylic acids is 1. The lowest BCUT2D eigenvalue weighted by atomic mass is 10.1. The molecule has 0 saturated carbocycles. The van der Waals surface area contributed by atoms with Crippen molar-refractivity contribution in [1.82, 2.24) is 0 Å². The van der Waals surface area contributed by atoms with Gasteiger partial charge in [0.25, 0.3) is 0 Å². The van der Waals surface area contributed by atoms with Crippen molar-refractivity contribution in [3.63, 3.8) is 0 Å². The SMILES string of the molecule is CCCCCCCCOc1cccc(C(=O)O)c1[N+](=O)[O-]. The number of nitro benzene ring substituents is 1. The first-order valence-electron chi connectivity index (χ1n) is 7.21. The number of aromatic carboxylic acids is 1. The standard InChI is InChI=1S/C15H21NO5/c1-2-3-4-5-6-7-11-21-13-10-8-9-12(15(17)18)14(13)16(19)20/h8-10H,2-7,11H2,1H3,(H,17,18). The summed E-state index contributed by atoms with van der Waals surface area (Å²) in [6, 6.07) is 4.09. The van der Waals surface area contributed by atoms with Gasteiger partial charge in [-0.05, 0) is 18.6 Å². The van der Waals surface area contributed by atoms with Crippen LogP contribution in [-0.4, -0.2) is 22.6 Å². The van der Waals surface area contributed by atoms with Crippen molar-refractivity contribution in [1.29, 1.82) is 0 Å². The second-order valence-electron chi connectivity index (χ2n) is 4.83. The molecule has 0 unspecified atom stereocenters. The molecule has 1 aromatic carbocycles. The summed E-state index contributed by atoms with van der Waals surface area (Å²) in [5.41, 5.74) is -0.823. The third-order valence-corrected chi connectivity index (χ3v) is 3.17. The molecule has 6 heteroatoms. The van der Waals surface area contributed by atoms with Gasteiger partial charge < -0.3 is 9.84 Å². The number of benzene rings is 1. The Morgan fingerprint density at radius 3 is 2.52 bits per heavy atom. The topological polar surface area (TPSA) is 89.7 Å². The average molecular weight is 295 g/mol. The summed E-state index contributed by atoms with van der Waals surface area (Å²) >= 11 is 0. The second-order valence-corrected chi connectivity index (χ2v) is 4.83. The molecule has 1 rings (SSSR count). The van der Waals surface area contributed by atoms with Gasteiger partial charge in [0.15, 0.2) is 5.75 Å². The van der Waals surface area contributed by atoms with E-state index in [9.17, 15) is 14.9 Å². The van der Waals surface area contributed by atoms with Crippen LogP contribution in [0.4, 0.5) is 5.69 Å². The third-order valence-electron chi connectivity index (χ3n) is 3.17. The van der Waals surface area contributed by atoms with E-state index < -0.39 is 16.6 Å². The molecule has 0 aliphatic rings. The van der Waals surface area contributed by atoms with Gasteiger partial charge in [0.2, 0.25) is 0 Å². The van der Waals surface area contributed by atoms with E-state index in [1.54, 1.807) is 0 Å². The lowest BCUT2D eigenvalue weighted by molar-refractivity contribution is -0.386. The molecule has 0 fully saturated rings. The number of carbonyl (C=O) groups is 1. The molecule has 0 saturated heterocycles. The van der Waals surface area contributed by atoms with Crippen molar-refractivity contribution in [3.8, 4) is 5.75 Å². The number of hydrogen-bond donors (Lipinski definition) is 1. The van der Waals surface area contributed by atoms with Crippen LogP contribution in [0.5, 0.6) is 5.75 Å². The van der Waals surface area contributed by atoms with Crippen LogP contribution >= 0.6 is 0 Å². The summed E-state index contributed by atoms with van der Waals surface area (Å²) in [6.45, 7) is 2.51. The molecule has 0 aliphatic carbocycles. The van der Waals surface area contributed by atoms with Crippen LogP contribution in [0, 0.1) is 10.1 Å². The maximum absolute atomic E-state index is 11.0. The molecule has 6 nitrogen and oxygen atoms in total. The first kappa shape index (κ1) is 16.9. The van der Waals surface area contributed by atoms with Crippen LogP contribution in [0.25, 0.3) is 0 Å². The number of unbranched alkanes of at least 4 members (excludes halogenated alkanes) is 5. The van der Waals surface area contributed by atoms with Crippen molar-refractivity contribution < 1.29 is 19.6 Å². The number of rotatable bonds is 10. The minimum Gasteiger partial charge on any atom is -0.487 e. The zero-order valence-electron chi connectivity index (χ0n) is 12.2. The summed E-state index contributed by atoms with van der Waals surface area (Å²) in [6.07, 6.45) is 6.52. The molecule has 0 radical (unpaired) electrons. The number of hydrogen-bond acceptors (Lipinski definition) is 4. The number of carboxylic acid groups (broad SMARTS) is 1. The van der Waals surface area contributed by atoms with E-state index in [0.29, 0.717) is 6.61 Å². The predicted molar refractivity (Wildman–Crippen MR) is 78.9 cm³/mol. The van der Waals surface area contributed by atoms with Gasteiger partial charge in [0.1, 0.15) is 5.56 Å². The van der Waals surface area contributed by atoms with Crippen molar-refractivity contribution in [2.75, 3.05) is 6.61 Å². The summed E-state index contributed by atoms with van der Waals surface area (Å²) in [5.74, 6) is -1.31. The number of nitro groups is 1. The van der Waals surface area contributed by atoms with Crippen molar-refractivity contribution in [2.24, 2.45) is 0 Å². The van der Waals surface area contributed by atoms with E-state index in [0.717, 1.165) is 19.3 Å². The van der Waals surface area contributed by atoms with Crippen LogP contribution in [-0.2, 0) is 0 Å².